The van der Waals surface area contributed by atoms with Gasteiger partial charge in [0.15, 0.2) is 5.69 Å². The number of alkyl halides is 1. The number of hydrogen-bond donors (Lipinski definition) is 2. The van der Waals surface area contributed by atoms with Crippen molar-refractivity contribution < 1.29 is 10.3 Å². The quantitative estimate of drug-likeness (QED) is 0.373. The van der Waals surface area contributed by atoms with Crippen LogP contribution in [0, 0.1) is 5.92 Å². The van der Waals surface area contributed by atoms with Crippen molar-refractivity contribution in [3.63, 3.8) is 0 Å². The number of aliphatic imine (C=N–C) groups is 1. The molecule has 0 bridgehead atoms. The molecule has 172 valence electrons. The van der Waals surface area contributed by atoms with Crippen molar-refractivity contribution in [2.75, 3.05) is 14.2 Å². The zero-order valence-corrected chi connectivity index (χ0v) is 20.1. The normalized spacial score (nSPS) is 22.2. The van der Waals surface area contributed by atoms with Gasteiger partial charge in [0.25, 0.3) is 0 Å². The lowest BCUT2D eigenvalue weighted by Crippen LogP contribution is -2.76. The zero-order chi connectivity index (χ0) is 22.7. The van der Waals surface area contributed by atoms with Crippen LogP contribution in [0.5, 0.6) is 0 Å². The molecule has 2 aliphatic heterocycles. The van der Waals surface area contributed by atoms with Crippen LogP contribution in [0.1, 0.15) is 48.7 Å². The molecule has 0 amide bonds. The standard InChI is InChI=1S/C25H29ClN6O/c1-31-13-16-11-18(21(14-7-8-14)27-24(16)29-31)25-28-22(23(32(25)2)15-9-10-15)17-5-4-6-20(30-33-3)19(17)12-26/h4-6,11,13-15,24,29-30H,7-10,12H2,1-3H3/p+1. The first-order valence-corrected chi connectivity index (χ1v) is 12.2. The maximum Gasteiger partial charge on any atom is 0.167 e. The maximum atomic E-state index is 6.45. The molecule has 2 saturated carbocycles. The van der Waals surface area contributed by atoms with Crippen LogP contribution in [0.3, 0.4) is 0 Å². The molecule has 0 saturated heterocycles. The smallest absolute Gasteiger partial charge is 0.167 e. The van der Waals surface area contributed by atoms with Gasteiger partial charge in [0, 0.05) is 66.2 Å². The van der Waals surface area contributed by atoms with Crippen molar-refractivity contribution in [1.82, 2.24) is 20.0 Å². The first-order valence-electron chi connectivity index (χ1n) is 11.7. The number of rotatable bonds is 7. The molecular formula is C25H30ClN6O+. The van der Waals surface area contributed by atoms with E-state index in [1.54, 1.807) is 12.6 Å². The number of fused-ring (bicyclic) bond motifs is 1. The van der Waals surface area contributed by atoms with Crippen molar-refractivity contribution in [2.45, 2.75) is 43.6 Å². The van der Waals surface area contributed by atoms with E-state index in [1.165, 1.54) is 48.2 Å². The summed E-state index contributed by atoms with van der Waals surface area (Å²) < 4.78 is 2.31. The molecule has 7 nitrogen and oxygen atoms in total. The van der Waals surface area contributed by atoms with Gasteiger partial charge in [-0.05, 0) is 31.8 Å². The fraction of sp³-hybridized carbons (Fsp3) is 0.440. The highest BCUT2D eigenvalue weighted by Gasteiger charge is 2.39. The summed E-state index contributed by atoms with van der Waals surface area (Å²) >= 11 is 6.45. The molecule has 8 heteroatoms. The minimum atomic E-state index is 0.0149. The molecule has 1 atom stereocenters. The largest absolute Gasteiger partial charge is 0.330 e. The van der Waals surface area contributed by atoms with E-state index >= 15 is 0 Å². The molecule has 3 heterocycles. The number of dihydropyridines is 1. The number of hydrazine groups is 1. The number of nitrogens with zero attached hydrogens (tertiary/aromatic N) is 4. The Morgan fingerprint density at radius 2 is 1.97 bits per heavy atom. The Morgan fingerprint density at radius 1 is 1.18 bits per heavy atom. The van der Waals surface area contributed by atoms with Gasteiger partial charge in [-0.1, -0.05) is 12.1 Å². The molecule has 2 fully saturated rings. The lowest BCUT2D eigenvalue weighted by molar-refractivity contribution is -0.830. The van der Waals surface area contributed by atoms with E-state index < -0.39 is 0 Å². The summed E-state index contributed by atoms with van der Waals surface area (Å²) in [5.74, 6) is 2.49. The van der Waals surface area contributed by atoms with Gasteiger partial charge in [0.05, 0.1) is 24.4 Å². The van der Waals surface area contributed by atoms with Crippen LogP contribution in [-0.4, -0.2) is 40.6 Å². The highest BCUT2D eigenvalue weighted by Crippen LogP contribution is 2.47. The average Bonchev–Trinajstić information content (AvgIpc) is 3.73. The van der Waals surface area contributed by atoms with Gasteiger partial charge in [-0.25, -0.2) is 15.2 Å². The van der Waals surface area contributed by atoms with Gasteiger partial charge in [-0.2, -0.15) is 5.48 Å². The third-order valence-corrected chi connectivity index (χ3v) is 7.26. The minimum Gasteiger partial charge on any atom is -0.330 e. The summed E-state index contributed by atoms with van der Waals surface area (Å²) in [6.45, 7) is 0. The Kier molecular flexibility index (Phi) is 5.18. The van der Waals surface area contributed by atoms with E-state index in [1.807, 2.05) is 18.1 Å². The van der Waals surface area contributed by atoms with Crippen molar-refractivity contribution >= 4 is 28.6 Å². The topological polar surface area (TPSA) is 71.3 Å². The lowest BCUT2D eigenvalue weighted by atomic mass is 9.98. The molecule has 4 aliphatic rings. The summed E-state index contributed by atoms with van der Waals surface area (Å²) in [5, 5.41) is 2.00. The van der Waals surface area contributed by atoms with E-state index in [0.29, 0.717) is 17.7 Å². The maximum absolute atomic E-state index is 6.45. The Balaban J connectivity index is 1.51. The number of benzene rings is 1. The van der Waals surface area contributed by atoms with Crippen molar-refractivity contribution in [2.24, 2.45) is 18.0 Å². The number of hydrogen-bond acceptors (Lipinski definition) is 5. The highest BCUT2D eigenvalue weighted by atomic mass is 35.5. The highest BCUT2D eigenvalue weighted by molar-refractivity contribution is 6.26. The second-order valence-corrected chi connectivity index (χ2v) is 9.75. The molecule has 0 radical (unpaired) electrons. The van der Waals surface area contributed by atoms with Gasteiger partial charge in [-0.15, -0.1) is 11.6 Å². The van der Waals surface area contributed by atoms with Crippen LogP contribution in [0.4, 0.5) is 5.69 Å². The van der Waals surface area contributed by atoms with Gasteiger partial charge < -0.3 is 9.58 Å². The monoisotopic (exact) mass is 465 g/mol. The zero-order valence-electron chi connectivity index (χ0n) is 19.3. The third kappa shape index (κ3) is 3.64. The number of allylic oxidation sites excluding steroid dienone is 1. The third-order valence-electron chi connectivity index (χ3n) is 6.99. The van der Waals surface area contributed by atoms with Crippen molar-refractivity contribution in [1.29, 1.82) is 0 Å². The Bertz CT molecular complexity index is 1200. The Labute approximate surface area is 199 Å². The van der Waals surface area contributed by atoms with Crippen molar-refractivity contribution in [3.8, 4) is 11.3 Å². The average molecular weight is 466 g/mol. The summed E-state index contributed by atoms with van der Waals surface area (Å²) in [6, 6.07) is 6.25. The second-order valence-electron chi connectivity index (χ2n) is 9.48. The van der Waals surface area contributed by atoms with E-state index in [-0.39, 0.29) is 6.17 Å². The van der Waals surface area contributed by atoms with Crippen molar-refractivity contribution in [3.05, 3.63) is 53.1 Å². The minimum absolute atomic E-state index is 0.0149. The molecule has 1 unspecified atom stereocenters. The Morgan fingerprint density at radius 3 is 2.67 bits per heavy atom. The molecule has 6 rings (SSSR count). The molecule has 2 aromatic rings. The molecule has 2 aliphatic carbocycles. The van der Waals surface area contributed by atoms with Gasteiger partial charge in [0.2, 0.25) is 0 Å². The molecule has 3 N–H and O–H groups in total. The predicted molar refractivity (Wildman–Crippen MR) is 130 cm³/mol. The number of nitrogens with two attached hydrogens (primary N) is 1. The van der Waals surface area contributed by atoms with Gasteiger partial charge in [-0.3, -0.25) is 4.99 Å². The Hall–Kier alpha value is -2.45. The predicted octanol–water partition coefficient (Wildman–Crippen LogP) is 3.37. The number of imidazole rings is 1. The van der Waals surface area contributed by atoms with Crippen LogP contribution >= 0.6 is 11.6 Å². The molecule has 1 aromatic heterocycles. The van der Waals surface area contributed by atoms with Crippen LogP contribution in [-0.2, 0) is 17.8 Å². The molecule has 33 heavy (non-hydrogen) atoms. The summed E-state index contributed by atoms with van der Waals surface area (Å²) in [6.07, 6.45) is 9.25. The fourth-order valence-corrected chi connectivity index (χ4v) is 5.41. The molecule has 0 spiro atoms. The summed E-state index contributed by atoms with van der Waals surface area (Å²) in [5.41, 5.74) is 14.2. The summed E-state index contributed by atoms with van der Waals surface area (Å²) in [7, 11) is 5.85. The first-order chi connectivity index (χ1) is 16.1. The van der Waals surface area contributed by atoms with Crippen LogP contribution in [0.2, 0.25) is 0 Å². The number of halogens is 1. The molecule has 1 aromatic carbocycles. The SMILES string of the molecule is CO[NH2+]c1cccc(-c2nc(C3=CC4=CN(C)NC4N=C3C3CC3)n(C)c2C2CC2)c1CCl. The van der Waals surface area contributed by atoms with Crippen LogP contribution in [0.15, 0.2) is 41.0 Å². The number of aromatic nitrogens is 2. The number of quaternary nitrogens is 1. The van der Waals surface area contributed by atoms with Crippen LogP contribution in [0.25, 0.3) is 16.8 Å². The van der Waals surface area contributed by atoms with E-state index in [0.717, 1.165) is 28.3 Å². The second kappa shape index (κ2) is 8.09. The fourth-order valence-electron chi connectivity index (χ4n) is 5.12. The van der Waals surface area contributed by atoms with Crippen LogP contribution < -0.4 is 10.9 Å². The lowest BCUT2D eigenvalue weighted by Gasteiger charge is -2.21. The first kappa shape index (κ1) is 21.1. The summed E-state index contributed by atoms with van der Waals surface area (Å²) in [4.78, 5) is 15.8. The van der Waals surface area contributed by atoms with E-state index in [4.69, 9.17) is 26.4 Å². The van der Waals surface area contributed by atoms with E-state index in [2.05, 4.69) is 41.4 Å². The van der Waals surface area contributed by atoms with Gasteiger partial charge in [0.1, 0.15) is 12.0 Å². The number of nitrogens with one attached hydrogen (secondary N) is 1. The van der Waals surface area contributed by atoms with Gasteiger partial charge >= 0.3 is 0 Å². The van der Waals surface area contributed by atoms with E-state index in [9.17, 15) is 0 Å². The molecular weight excluding hydrogens is 436 g/mol.